The average molecular weight is 530 g/mol. The number of para-hydroxylation sites is 1. The number of carbonyl (C=O) groups is 1. The summed E-state index contributed by atoms with van der Waals surface area (Å²) in [6.45, 7) is 7.59. The molecule has 7 nitrogen and oxygen atoms in total. The van der Waals surface area contributed by atoms with Crippen molar-refractivity contribution < 1.29 is 17.9 Å². The molecule has 0 aromatic heterocycles. The van der Waals surface area contributed by atoms with Gasteiger partial charge in [-0.1, -0.05) is 30.5 Å². The largest absolute Gasteiger partial charge is 0.459 e. The van der Waals surface area contributed by atoms with E-state index in [4.69, 9.17) is 4.74 Å². The van der Waals surface area contributed by atoms with Gasteiger partial charge in [0.2, 0.25) is 0 Å². The molecule has 1 saturated heterocycles. The van der Waals surface area contributed by atoms with Crippen LogP contribution in [-0.2, 0) is 19.4 Å². The number of ether oxygens (including phenoxy) is 1. The smallest absolute Gasteiger partial charge is 0.309 e. The van der Waals surface area contributed by atoms with Gasteiger partial charge >= 0.3 is 5.97 Å². The van der Waals surface area contributed by atoms with Crippen molar-refractivity contribution in [3.63, 3.8) is 0 Å². The Balaban J connectivity index is 1.35. The van der Waals surface area contributed by atoms with E-state index < -0.39 is 9.84 Å². The van der Waals surface area contributed by atoms with Gasteiger partial charge in [0.25, 0.3) is 0 Å². The zero-order valence-corrected chi connectivity index (χ0v) is 22.9. The summed E-state index contributed by atoms with van der Waals surface area (Å²) in [6, 6.07) is 13.7. The van der Waals surface area contributed by atoms with Crippen LogP contribution in [0.25, 0.3) is 0 Å². The van der Waals surface area contributed by atoms with Crippen molar-refractivity contribution in [1.29, 1.82) is 0 Å². The van der Waals surface area contributed by atoms with Gasteiger partial charge in [-0.05, 0) is 69.2 Å². The van der Waals surface area contributed by atoms with Crippen molar-refractivity contribution in [2.45, 2.75) is 33.9 Å². The number of hydrogen-bond acceptors (Lipinski definition) is 8. The lowest BCUT2D eigenvalue weighted by atomic mass is 9.97. The number of piperidine rings is 1. The van der Waals surface area contributed by atoms with Gasteiger partial charge in [-0.3, -0.25) is 4.79 Å². The molecule has 2 heterocycles. The fraction of sp³-hybridized carbons (Fsp3) is 0.444. The average Bonchev–Trinajstić information content (AvgIpc) is 2.86. The molecule has 9 heteroatoms. The van der Waals surface area contributed by atoms with E-state index in [-0.39, 0.29) is 18.5 Å². The van der Waals surface area contributed by atoms with Crippen LogP contribution in [0.15, 0.2) is 69.4 Å². The van der Waals surface area contributed by atoms with Crippen LogP contribution in [0.4, 0.5) is 11.4 Å². The third-order valence-corrected chi connectivity index (χ3v) is 9.06. The highest BCUT2D eigenvalue weighted by Crippen LogP contribution is 2.48. The van der Waals surface area contributed by atoms with Crippen LogP contribution in [0, 0.1) is 5.92 Å². The summed E-state index contributed by atoms with van der Waals surface area (Å²) in [4.78, 5) is 21.5. The predicted molar refractivity (Wildman–Crippen MR) is 145 cm³/mol. The minimum Gasteiger partial charge on any atom is -0.459 e. The monoisotopic (exact) mass is 529 g/mol. The minimum atomic E-state index is -3.29. The van der Waals surface area contributed by atoms with Crippen molar-refractivity contribution in [3.05, 3.63) is 54.7 Å². The van der Waals surface area contributed by atoms with E-state index >= 15 is 0 Å². The van der Waals surface area contributed by atoms with E-state index in [1.807, 2.05) is 37.2 Å². The number of nitrogens with zero attached hydrogens (tertiary/aromatic N) is 3. The molecule has 0 unspecified atom stereocenters. The Kier molecular flexibility index (Phi) is 8.32. The van der Waals surface area contributed by atoms with Crippen molar-refractivity contribution in [2.75, 3.05) is 58.0 Å². The molecule has 36 heavy (non-hydrogen) atoms. The number of anilines is 2. The summed E-state index contributed by atoms with van der Waals surface area (Å²) in [6.07, 6.45) is 3.79. The molecule has 194 valence electrons. The summed E-state index contributed by atoms with van der Waals surface area (Å²) in [5, 5.41) is 0. The molecule has 0 radical (unpaired) electrons. The molecule has 1 fully saturated rings. The zero-order valence-electron chi connectivity index (χ0n) is 21.3. The lowest BCUT2D eigenvalue weighted by molar-refractivity contribution is -0.149. The van der Waals surface area contributed by atoms with Crippen molar-refractivity contribution in [3.8, 4) is 0 Å². The molecule has 0 atom stereocenters. The fourth-order valence-corrected chi connectivity index (χ4v) is 6.24. The number of esters is 1. The Hall–Kier alpha value is -2.49. The summed E-state index contributed by atoms with van der Waals surface area (Å²) >= 11 is 1.68. The van der Waals surface area contributed by atoms with Gasteiger partial charge in [-0.2, -0.15) is 0 Å². The Morgan fingerprint density at radius 1 is 1.08 bits per heavy atom. The Morgan fingerprint density at radius 2 is 1.78 bits per heavy atom. The minimum absolute atomic E-state index is 0.0523. The lowest BCUT2D eigenvalue weighted by Gasteiger charge is -2.35. The lowest BCUT2D eigenvalue weighted by Crippen LogP contribution is -2.38. The van der Waals surface area contributed by atoms with Crippen LogP contribution in [0.2, 0.25) is 0 Å². The Labute approximate surface area is 219 Å². The first-order valence-electron chi connectivity index (χ1n) is 12.3. The number of likely N-dealkylation sites (N-methyl/N-ethyl adjacent to an activating group) is 1. The third-order valence-electron chi connectivity index (χ3n) is 6.82. The molecule has 0 N–H and O–H groups in total. The summed E-state index contributed by atoms with van der Waals surface area (Å²) in [5.41, 5.74) is 2.84. The maximum absolute atomic E-state index is 12.4. The van der Waals surface area contributed by atoms with Gasteiger partial charge < -0.3 is 19.4 Å². The highest BCUT2D eigenvalue weighted by atomic mass is 32.2. The van der Waals surface area contributed by atoms with E-state index in [1.165, 1.54) is 11.2 Å². The highest BCUT2D eigenvalue weighted by molar-refractivity contribution is 7.99. The first-order chi connectivity index (χ1) is 17.1. The molecule has 0 saturated carbocycles. The van der Waals surface area contributed by atoms with Gasteiger partial charge in [0.15, 0.2) is 9.84 Å². The van der Waals surface area contributed by atoms with Crippen LogP contribution < -0.4 is 4.90 Å². The zero-order chi connectivity index (χ0) is 25.9. The quantitative estimate of drug-likeness (QED) is 0.443. The summed E-state index contributed by atoms with van der Waals surface area (Å²) in [5.74, 6) is -0.179. The Bertz CT molecular complexity index is 1220. The number of rotatable bonds is 9. The molecule has 0 amide bonds. The number of fused-ring (bicyclic) bond motifs is 2. The number of carbonyl (C=O) groups excluding carboxylic acids is 1. The number of benzene rings is 2. The third kappa shape index (κ3) is 6.25. The van der Waals surface area contributed by atoms with Gasteiger partial charge in [0.05, 0.1) is 22.2 Å². The van der Waals surface area contributed by atoms with E-state index in [0.29, 0.717) is 4.90 Å². The van der Waals surface area contributed by atoms with E-state index in [1.54, 1.807) is 23.9 Å². The SMILES string of the molecule is C=C(COC(=O)C1CCN(CCCN2c3ccccc3Sc3ccc(S(C)(=O)=O)cc32)CC1)N(C)C. The number of likely N-dealkylation sites (tertiary alicyclic amines) is 1. The molecule has 0 spiro atoms. The maximum Gasteiger partial charge on any atom is 0.309 e. The molecule has 0 bridgehead atoms. The fourth-order valence-electron chi connectivity index (χ4n) is 4.53. The van der Waals surface area contributed by atoms with Crippen LogP contribution in [-0.4, -0.2) is 77.3 Å². The molecular weight excluding hydrogens is 494 g/mol. The predicted octanol–water partition coefficient (Wildman–Crippen LogP) is 4.41. The van der Waals surface area contributed by atoms with Crippen molar-refractivity contribution in [1.82, 2.24) is 9.80 Å². The van der Waals surface area contributed by atoms with E-state index in [2.05, 4.69) is 28.5 Å². The first-order valence-corrected chi connectivity index (χ1v) is 15.0. The summed E-state index contributed by atoms with van der Waals surface area (Å²) in [7, 11) is 0.487. The second-order valence-electron chi connectivity index (χ2n) is 9.66. The molecule has 2 aromatic rings. The van der Waals surface area contributed by atoms with Crippen molar-refractivity contribution >= 4 is 38.9 Å². The van der Waals surface area contributed by atoms with Crippen LogP contribution in [0.3, 0.4) is 0 Å². The first kappa shape index (κ1) is 26.6. The normalized spacial score (nSPS) is 16.2. The van der Waals surface area contributed by atoms with Crippen LogP contribution in [0.1, 0.15) is 19.3 Å². The Morgan fingerprint density at radius 3 is 2.47 bits per heavy atom. The molecule has 4 rings (SSSR count). The molecule has 2 aliphatic heterocycles. The molecule has 0 aliphatic carbocycles. The van der Waals surface area contributed by atoms with Crippen LogP contribution in [0.5, 0.6) is 0 Å². The van der Waals surface area contributed by atoms with Crippen molar-refractivity contribution in [2.24, 2.45) is 5.92 Å². The molecule has 2 aliphatic rings. The second kappa shape index (κ2) is 11.3. The molecule has 2 aromatic carbocycles. The standard InChI is InChI=1S/C27H35N3O4S2/c1-20(28(2)3)19-34-27(31)21-12-16-29(17-13-21)14-7-15-30-23-8-5-6-9-25(23)35-26-11-10-22(18-24(26)30)36(4,32)33/h5-6,8-11,18,21H,1,7,12-17,19H2,2-4H3. The van der Waals surface area contributed by atoms with Gasteiger partial charge in [-0.25, -0.2) is 8.42 Å². The van der Waals surface area contributed by atoms with Gasteiger partial charge in [-0.15, -0.1) is 0 Å². The van der Waals surface area contributed by atoms with E-state index in [0.717, 1.165) is 67.4 Å². The van der Waals surface area contributed by atoms with Gasteiger partial charge in [0, 0.05) is 42.4 Å². The second-order valence-corrected chi connectivity index (χ2v) is 12.8. The van der Waals surface area contributed by atoms with Gasteiger partial charge in [0.1, 0.15) is 6.61 Å². The number of sulfone groups is 1. The van der Waals surface area contributed by atoms with Crippen LogP contribution >= 0.6 is 11.8 Å². The maximum atomic E-state index is 12.4. The topological polar surface area (TPSA) is 70.2 Å². The van der Waals surface area contributed by atoms with E-state index in [9.17, 15) is 13.2 Å². The summed E-state index contributed by atoms with van der Waals surface area (Å²) < 4.78 is 29.8. The molecular formula is C27H35N3O4S2. The number of hydrogen-bond donors (Lipinski definition) is 0. The highest BCUT2D eigenvalue weighted by Gasteiger charge is 2.28.